The highest BCUT2D eigenvalue weighted by Crippen LogP contribution is 2.15. The van der Waals surface area contributed by atoms with E-state index in [1.54, 1.807) is 34.5 Å². The van der Waals surface area contributed by atoms with Crippen LogP contribution in [0.3, 0.4) is 0 Å². The van der Waals surface area contributed by atoms with E-state index in [4.69, 9.17) is 5.41 Å². The Labute approximate surface area is 189 Å². The van der Waals surface area contributed by atoms with Gasteiger partial charge in [-0.1, -0.05) is 45.1 Å². The predicted octanol–water partition coefficient (Wildman–Crippen LogP) is 4.20. The van der Waals surface area contributed by atoms with Gasteiger partial charge in [0.1, 0.15) is 16.8 Å². The number of aryl methyl sites for hydroxylation is 1. The standard InChI is InChI=1S/C23H26N6O2S/c1-2-3-4-5-6-8-13-29-19(24)16(21(30)27-23-25-11-14-32-23)15-17-20(29)26-18-10-7-9-12-28(18)22(17)31/h7,9-12,14-15,24H,2-6,8,13H2,1H3,(H,25,27,30). The highest BCUT2D eigenvalue weighted by molar-refractivity contribution is 7.13. The third-order valence-electron chi connectivity index (χ3n) is 5.45. The van der Waals surface area contributed by atoms with Crippen molar-refractivity contribution in [3.63, 3.8) is 0 Å². The monoisotopic (exact) mass is 450 g/mol. The van der Waals surface area contributed by atoms with Crippen molar-refractivity contribution in [2.45, 2.75) is 52.0 Å². The van der Waals surface area contributed by atoms with E-state index >= 15 is 0 Å². The third kappa shape index (κ3) is 4.47. The number of unbranched alkanes of at least 4 members (excludes halogenated alkanes) is 5. The fraction of sp³-hybridized carbons (Fsp3) is 0.348. The van der Waals surface area contributed by atoms with Crippen LogP contribution in [-0.2, 0) is 6.54 Å². The fourth-order valence-corrected chi connectivity index (χ4v) is 4.30. The van der Waals surface area contributed by atoms with Crippen LogP contribution in [0, 0.1) is 5.41 Å². The molecule has 0 spiro atoms. The molecule has 0 unspecified atom stereocenters. The van der Waals surface area contributed by atoms with Crippen LogP contribution in [0.1, 0.15) is 55.8 Å². The van der Waals surface area contributed by atoms with Crippen LogP contribution in [0.25, 0.3) is 16.7 Å². The maximum Gasteiger partial charge on any atom is 0.267 e. The van der Waals surface area contributed by atoms with Gasteiger partial charge >= 0.3 is 0 Å². The molecule has 0 saturated carbocycles. The van der Waals surface area contributed by atoms with E-state index in [1.165, 1.54) is 41.1 Å². The van der Waals surface area contributed by atoms with E-state index < -0.39 is 5.91 Å². The molecule has 0 fully saturated rings. The maximum atomic E-state index is 13.2. The first-order valence-corrected chi connectivity index (χ1v) is 11.8. The van der Waals surface area contributed by atoms with Gasteiger partial charge < -0.3 is 4.57 Å². The van der Waals surface area contributed by atoms with Crippen molar-refractivity contribution < 1.29 is 4.79 Å². The molecular formula is C23H26N6O2S. The number of hydrogen-bond acceptors (Lipinski definition) is 6. The first-order valence-electron chi connectivity index (χ1n) is 10.9. The second-order valence-corrected chi connectivity index (χ2v) is 8.60. The average Bonchev–Trinajstić information content (AvgIpc) is 3.30. The number of nitrogens with one attached hydrogen (secondary N) is 2. The Hall–Kier alpha value is -3.33. The molecule has 1 amide bonds. The summed E-state index contributed by atoms with van der Waals surface area (Å²) in [6, 6.07) is 6.83. The normalized spacial score (nSPS) is 11.3. The summed E-state index contributed by atoms with van der Waals surface area (Å²) in [6.45, 7) is 2.71. The smallest absolute Gasteiger partial charge is 0.267 e. The van der Waals surface area contributed by atoms with Crippen LogP contribution >= 0.6 is 11.3 Å². The van der Waals surface area contributed by atoms with Gasteiger partial charge in [0.2, 0.25) is 0 Å². The van der Waals surface area contributed by atoms with E-state index in [2.05, 4.69) is 22.2 Å². The molecule has 2 N–H and O–H groups in total. The first-order chi connectivity index (χ1) is 15.6. The summed E-state index contributed by atoms with van der Waals surface area (Å²) < 4.78 is 3.16. The van der Waals surface area contributed by atoms with E-state index in [0.717, 1.165) is 19.3 Å². The third-order valence-corrected chi connectivity index (χ3v) is 6.14. The summed E-state index contributed by atoms with van der Waals surface area (Å²) in [4.78, 5) is 34.9. The van der Waals surface area contributed by atoms with Crippen molar-refractivity contribution in [1.29, 1.82) is 5.41 Å². The number of aromatic nitrogens is 4. The second-order valence-electron chi connectivity index (χ2n) is 7.70. The topological polar surface area (TPSA) is 105 Å². The zero-order chi connectivity index (χ0) is 22.5. The summed E-state index contributed by atoms with van der Waals surface area (Å²) in [5.41, 5.74) is 0.873. The SMILES string of the molecule is CCCCCCCCn1c(=N)c(C(=O)Nc2nccs2)cc2c(=O)n3ccccc3nc21. The lowest BCUT2D eigenvalue weighted by Gasteiger charge is -2.14. The van der Waals surface area contributed by atoms with Crippen molar-refractivity contribution in [3.05, 3.63) is 63.4 Å². The summed E-state index contributed by atoms with van der Waals surface area (Å²) >= 11 is 1.30. The molecule has 32 heavy (non-hydrogen) atoms. The molecule has 166 valence electrons. The Morgan fingerprint density at radius 1 is 1.19 bits per heavy atom. The van der Waals surface area contributed by atoms with E-state index in [9.17, 15) is 9.59 Å². The molecule has 4 heterocycles. The van der Waals surface area contributed by atoms with Crippen LogP contribution in [0.4, 0.5) is 5.13 Å². The maximum absolute atomic E-state index is 13.2. The van der Waals surface area contributed by atoms with Crippen molar-refractivity contribution >= 4 is 39.1 Å². The van der Waals surface area contributed by atoms with Gasteiger partial charge in [-0.25, -0.2) is 9.97 Å². The van der Waals surface area contributed by atoms with Crippen molar-refractivity contribution in [3.8, 4) is 0 Å². The number of anilines is 1. The molecule has 0 aliphatic carbocycles. The molecule has 0 bridgehead atoms. The number of hydrogen-bond donors (Lipinski definition) is 2. The van der Waals surface area contributed by atoms with Crippen LogP contribution in [0.5, 0.6) is 0 Å². The molecule has 0 aromatic carbocycles. The zero-order valence-corrected chi connectivity index (χ0v) is 18.8. The van der Waals surface area contributed by atoms with Gasteiger partial charge in [0.15, 0.2) is 5.13 Å². The molecule has 0 saturated heterocycles. The number of amides is 1. The van der Waals surface area contributed by atoms with Gasteiger partial charge in [-0.2, -0.15) is 0 Å². The lowest BCUT2D eigenvalue weighted by atomic mass is 10.1. The van der Waals surface area contributed by atoms with Gasteiger partial charge in [0, 0.05) is 24.3 Å². The van der Waals surface area contributed by atoms with E-state index in [1.807, 2.05) is 6.07 Å². The van der Waals surface area contributed by atoms with Gasteiger partial charge in [0.25, 0.3) is 11.5 Å². The minimum atomic E-state index is -0.457. The van der Waals surface area contributed by atoms with Crippen molar-refractivity contribution in [1.82, 2.24) is 18.9 Å². The highest BCUT2D eigenvalue weighted by Gasteiger charge is 2.18. The van der Waals surface area contributed by atoms with E-state index in [-0.39, 0.29) is 16.6 Å². The lowest BCUT2D eigenvalue weighted by molar-refractivity contribution is 0.102. The molecule has 4 aromatic rings. The highest BCUT2D eigenvalue weighted by atomic mass is 32.1. The molecule has 0 radical (unpaired) electrons. The Morgan fingerprint density at radius 2 is 2.00 bits per heavy atom. The van der Waals surface area contributed by atoms with Crippen LogP contribution < -0.4 is 16.4 Å². The second kappa shape index (κ2) is 9.86. The average molecular weight is 451 g/mol. The fourth-order valence-electron chi connectivity index (χ4n) is 3.78. The lowest BCUT2D eigenvalue weighted by Crippen LogP contribution is -2.32. The number of thiazole rings is 1. The zero-order valence-electron chi connectivity index (χ0n) is 18.0. The van der Waals surface area contributed by atoms with Crippen LogP contribution in [0.15, 0.2) is 46.8 Å². The number of pyridine rings is 2. The Bertz CT molecular complexity index is 1360. The quantitative estimate of drug-likeness (QED) is 0.294. The number of carbonyl (C=O) groups is 1. The van der Waals surface area contributed by atoms with Gasteiger partial charge in [0.05, 0.1) is 10.9 Å². The molecule has 4 rings (SSSR count). The molecular weight excluding hydrogens is 424 g/mol. The number of nitrogens with zero attached hydrogens (tertiary/aromatic N) is 4. The minimum Gasteiger partial charge on any atom is -0.310 e. The van der Waals surface area contributed by atoms with Crippen LogP contribution in [-0.4, -0.2) is 24.8 Å². The molecule has 0 aliphatic heterocycles. The van der Waals surface area contributed by atoms with Crippen molar-refractivity contribution in [2.24, 2.45) is 0 Å². The Kier molecular flexibility index (Phi) is 6.75. The van der Waals surface area contributed by atoms with Crippen molar-refractivity contribution in [2.75, 3.05) is 5.32 Å². The summed E-state index contributed by atoms with van der Waals surface area (Å²) in [5, 5.41) is 14.0. The van der Waals surface area contributed by atoms with Gasteiger partial charge in [-0.15, -0.1) is 11.3 Å². The number of carbonyl (C=O) groups excluding carboxylic acids is 1. The van der Waals surface area contributed by atoms with Gasteiger partial charge in [-0.3, -0.25) is 24.7 Å². The molecule has 8 nitrogen and oxygen atoms in total. The van der Waals surface area contributed by atoms with Crippen LogP contribution in [0.2, 0.25) is 0 Å². The molecule has 4 aromatic heterocycles. The Balaban J connectivity index is 1.78. The van der Waals surface area contributed by atoms with E-state index in [0.29, 0.717) is 28.4 Å². The minimum absolute atomic E-state index is 0.0484. The summed E-state index contributed by atoms with van der Waals surface area (Å²) in [7, 11) is 0. The number of fused-ring (bicyclic) bond motifs is 2. The molecule has 0 atom stereocenters. The molecule has 0 aliphatic rings. The Morgan fingerprint density at radius 3 is 2.78 bits per heavy atom. The van der Waals surface area contributed by atoms with Gasteiger partial charge in [-0.05, 0) is 24.6 Å². The number of rotatable bonds is 9. The predicted molar refractivity (Wildman–Crippen MR) is 126 cm³/mol. The summed E-state index contributed by atoms with van der Waals surface area (Å²) in [6.07, 6.45) is 9.86. The first kappa shape index (κ1) is 21.9. The molecule has 9 heteroatoms. The summed E-state index contributed by atoms with van der Waals surface area (Å²) in [5.74, 6) is -0.457. The largest absolute Gasteiger partial charge is 0.310 e.